The molecule has 3 heterocycles. The fourth-order valence-electron chi connectivity index (χ4n) is 3.64. The molecule has 6 nitrogen and oxygen atoms in total. The van der Waals surface area contributed by atoms with E-state index in [1.54, 1.807) is 12.1 Å². The van der Waals surface area contributed by atoms with Gasteiger partial charge in [-0.1, -0.05) is 12.1 Å². The molecule has 3 aromatic rings. The van der Waals surface area contributed by atoms with Crippen molar-refractivity contribution in [3.63, 3.8) is 0 Å². The number of benzene rings is 1. The lowest BCUT2D eigenvalue weighted by atomic mass is 9.91. The molecule has 1 aliphatic heterocycles. The van der Waals surface area contributed by atoms with Crippen LogP contribution in [0.2, 0.25) is 0 Å². The molecule has 0 spiro atoms. The third-order valence-electron chi connectivity index (χ3n) is 5.25. The summed E-state index contributed by atoms with van der Waals surface area (Å²) in [5.41, 5.74) is 3.76. The smallest absolute Gasteiger partial charge is 0.269 e. The predicted molar refractivity (Wildman–Crippen MR) is 111 cm³/mol. The number of anilines is 1. The fourth-order valence-corrected chi connectivity index (χ4v) is 3.64. The molecule has 31 heavy (non-hydrogen) atoms. The van der Waals surface area contributed by atoms with E-state index in [4.69, 9.17) is 4.11 Å². The van der Waals surface area contributed by atoms with Crippen molar-refractivity contribution >= 4 is 17.6 Å². The summed E-state index contributed by atoms with van der Waals surface area (Å²) < 4.78 is 48.8. The maximum Gasteiger partial charge on any atom is 0.269 e. The van der Waals surface area contributed by atoms with Crippen LogP contribution in [0.1, 0.15) is 47.2 Å². The first-order valence-corrected chi connectivity index (χ1v) is 9.54. The average Bonchev–Trinajstić information content (AvgIpc) is 2.75. The Hall–Kier alpha value is -3.68. The lowest BCUT2D eigenvalue weighted by Gasteiger charge is -2.29. The summed E-state index contributed by atoms with van der Waals surface area (Å²) in [4.78, 5) is 34.1. The Morgan fingerprint density at radius 2 is 2.06 bits per heavy atom. The molecule has 0 radical (unpaired) electrons. The van der Waals surface area contributed by atoms with Crippen LogP contribution in [0, 0.1) is 18.6 Å². The lowest BCUT2D eigenvalue weighted by molar-refractivity contribution is 0.0955. The summed E-state index contributed by atoms with van der Waals surface area (Å²) in [6.07, 6.45) is 3.25. The number of carbonyl (C=O) groups is 2. The summed E-state index contributed by atoms with van der Waals surface area (Å²) in [7, 11) is 0. The lowest BCUT2D eigenvalue weighted by Crippen LogP contribution is -2.39. The van der Waals surface area contributed by atoms with Gasteiger partial charge in [-0.05, 0) is 54.2 Å². The molecule has 158 valence electrons. The second-order valence-corrected chi connectivity index (χ2v) is 7.28. The summed E-state index contributed by atoms with van der Waals surface area (Å²) >= 11 is 0. The first kappa shape index (κ1) is 17.0. The largest absolute Gasteiger partial charge is 0.354 e. The number of hydrogen-bond acceptors (Lipinski definition) is 4. The van der Waals surface area contributed by atoms with E-state index >= 15 is 0 Å². The number of halogens is 2. The number of hydrogen-bond donors (Lipinski definition) is 1. The monoisotopic (exact) mass is 425 g/mol. The molecule has 2 aromatic heterocycles. The highest BCUT2D eigenvalue weighted by atomic mass is 19.1. The Balaban J connectivity index is 1.57. The van der Waals surface area contributed by atoms with Crippen LogP contribution in [-0.2, 0) is 12.8 Å². The highest BCUT2D eigenvalue weighted by molar-refractivity contribution is 6.08. The maximum atomic E-state index is 14.2. The first-order valence-electron chi connectivity index (χ1n) is 11.0. The molecule has 0 bridgehead atoms. The Morgan fingerprint density at radius 1 is 1.23 bits per heavy atom. The summed E-state index contributed by atoms with van der Waals surface area (Å²) in [6.45, 7) is -0.465. The van der Waals surface area contributed by atoms with Crippen LogP contribution in [0.15, 0.2) is 42.7 Å². The molecule has 0 unspecified atom stereocenters. The minimum atomic E-state index is -2.61. The SMILES string of the molecule is [2H]C([2H])([2H])NC(=O)c1ccc(Cc2cc3c(cc2C)CCN(c2ncc(F)cc2F)C3=O)cn1. The van der Waals surface area contributed by atoms with E-state index in [0.717, 1.165) is 28.5 Å². The molecule has 1 aliphatic rings. The Labute approximate surface area is 182 Å². The topological polar surface area (TPSA) is 75.2 Å². The zero-order valence-corrected chi connectivity index (χ0v) is 16.6. The Kier molecular flexibility index (Phi) is 4.52. The van der Waals surface area contributed by atoms with Crippen molar-refractivity contribution in [3.8, 4) is 0 Å². The molecule has 2 amide bonds. The molecule has 1 N–H and O–H groups in total. The Bertz CT molecular complexity index is 1280. The van der Waals surface area contributed by atoms with Crippen molar-refractivity contribution in [2.75, 3.05) is 18.4 Å². The zero-order chi connectivity index (χ0) is 24.6. The molecule has 0 fully saturated rings. The molecule has 0 atom stereocenters. The van der Waals surface area contributed by atoms with Crippen LogP contribution in [0.3, 0.4) is 0 Å². The summed E-state index contributed by atoms with van der Waals surface area (Å²) in [5, 5.41) is 1.88. The molecule has 0 saturated heterocycles. The quantitative estimate of drug-likeness (QED) is 0.697. The van der Waals surface area contributed by atoms with E-state index < -0.39 is 30.4 Å². The third kappa shape index (κ3) is 4.01. The second-order valence-electron chi connectivity index (χ2n) is 7.28. The van der Waals surface area contributed by atoms with Gasteiger partial charge >= 0.3 is 0 Å². The highest BCUT2D eigenvalue weighted by Crippen LogP contribution is 2.28. The van der Waals surface area contributed by atoms with Gasteiger partial charge in [0.2, 0.25) is 0 Å². The normalized spacial score (nSPS) is 15.0. The number of rotatable bonds is 4. The number of carbonyl (C=O) groups excluding carboxylic acids is 2. The predicted octanol–water partition coefficient (Wildman–Crippen LogP) is 3.22. The van der Waals surface area contributed by atoms with Gasteiger partial charge in [0.25, 0.3) is 11.8 Å². The van der Waals surface area contributed by atoms with Gasteiger partial charge < -0.3 is 5.32 Å². The van der Waals surface area contributed by atoms with Crippen LogP contribution in [0.25, 0.3) is 0 Å². The number of pyridine rings is 2. The van der Waals surface area contributed by atoms with Crippen molar-refractivity contribution in [1.82, 2.24) is 15.3 Å². The third-order valence-corrected chi connectivity index (χ3v) is 5.25. The number of nitrogens with zero attached hydrogens (tertiary/aromatic N) is 3. The first-order chi connectivity index (χ1) is 16.0. The molecular formula is C23H20F2N4O2. The Morgan fingerprint density at radius 3 is 2.77 bits per heavy atom. The molecule has 4 rings (SSSR count). The van der Waals surface area contributed by atoms with Gasteiger partial charge in [0.05, 0.1) is 6.20 Å². The minimum absolute atomic E-state index is 0.0262. The van der Waals surface area contributed by atoms with Crippen LogP contribution in [0.5, 0.6) is 0 Å². The van der Waals surface area contributed by atoms with Crippen molar-refractivity contribution in [2.45, 2.75) is 19.8 Å². The maximum absolute atomic E-state index is 14.2. The molecule has 0 aliphatic carbocycles. The van der Waals surface area contributed by atoms with Gasteiger partial charge in [0.15, 0.2) is 11.6 Å². The van der Waals surface area contributed by atoms with Crippen LogP contribution in [0.4, 0.5) is 14.6 Å². The van der Waals surface area contributed by atoms with E-state index in [9.17, 15) is 18.4 Å². The van der Waals surface area contributed by atoms with E-state index in [-0.39, 0.29) is 18.1 Å². The molecule has 8 heteroatoms. The number of fused-ring (bicyclic) bond motifs is 1. The number of aromatic nitrogens is 2. The van der Waals surface area contributed by atoms with Crippen molar-refractivity contribution in [1.29, 1.82) is 0 Å². The van der Waals surface area contributed by atoms with Gasteiger partial charge in [0.1, 0.15) is 11.5 Å². The highest BCUT2D eigenvalue weighted by Gasteiger charge is 2.29. The van der Waals surface area contributed by atoms with E-state index in [1.807, 2.05) is 18.3 Å². The molecule has 1 aromatic carbocycles. The van der Waals surface area contributed by atoms with Gasteiger partial charge in [0, 0.05) is 35.5 Å². The zero-order valence-electron chi connectivity index (χ0n) is 19.6. The second kappa shape index (κ2) is 8.22. The standard InChI is InChI=1S/C23H20F2N4O2/c1-13-7-15-5-6-29(21-19(25)10-17(24)12-28-21)23(31)18(15)9-16(13)8-14-3-4-20(27-11-14)22(30)26-2/h3-4,7,9-12H,5-6,8H2,1-2H3,(H,26,30)/i2D3. The number of nitrogens with one attached hydrogen (secondary N) is 1. The number of aryl methyl sites for hydroxylation is 1. The van der Waals surface area contributed by atoms with Crippen molar-refractivity contribution in [3.05, 3.63) is 87.9 Å². The van der Waals surface area contributed by atoms with E-state index in [0.29, 0.717) is 24.5 Å². The van der Waals surface area contributed by atoms with Gasteiger partial charge in [-0.2, -0.15) is 0 Å². The van der Waals surface area contributed by atoms with E-state index in [2.05, 4.69) is 9.97 Å². The van der Waals surface area contributed by atoms with Crippen LogP contribution in [-0.4, -0.2) is 35.3 Å². The van der Waals surface area contributed by atoms with Gasteiger partial charge in [-0.3, -0.25) is 19.5 Å². The number of amides is 2. The molecule has 0 saturated carbocycles. The molecular weight excluding hydrogens is 402 g/mol. The van der Waals surface area contributed by atoms with Crippen LogP contribution >= 0.6 is 0 Å². The summed E-state index contributed by atoms with van der Waals surface area (Å²) in [5.74, 6) is -3.16. The van der Waals surface area contributed by atoms with Gasteiger partial charge in [-0.25, -0.2) is 13.8 Å². The van der Waals surface area contributed by atoms with Crippen molar-refractivity contribution in [2.24, 2.45) is 0 Å². The van der Waals surface area contributed by atoms with Gasteiger partial charge in [-0.15, -0.1) is 0 Å². The van der Waals surface area contributed by atoms with Crippen LogP contribution < -0.4 is 10.2 Å². The minimum Gasteiger partial charge on any atom is -0.354 e. The average molecular weight is 425 g/mol. The summed E-state index contributed by atoms with van der Waals surface area (Å²) in [6, 6.07) is 7.45. The van der Waals surface area contributed by atoms with E-state index in [1.165, 1.54) is 17.2 Å². The van der Waals surface area contributed by atoms with Crippen molar-refractivity contribution < 1.29 is 22.5 Å². The fraction of sp³-hybridized carbons (Fsp3) is 0.217.